The van der Waals surface area contributed by atoms with Gasteiger partial charge in [-0.25, -0.2) is 13.2 Å². The Hall–Kier alpha value is -2.89. The van der Waals surface area contributed by atoms with Gasteiger partial charge < -0.3 is 15.0 Å². The van der Waals surface area contributed by atoms with E-state index in [1.54, 1.807) is 6.07 Å². The number of halogens is 1. The van der Waals surface area contributed by atoms with Crippen LogP contribution < -0.4 is 10.2 Å². The van der Waals surface area contributed by atoms with Crippen molar-refractivity contribution in [1.29, 1.82) is 0 Å². The number of piperazine rings is 1. The minimum absolute atomic E-state index is 0.0507. The first kappa shape index (κ1) is 23.8. The zero-order chi connectivity index (χ0) is 23.1. The van der Waals surface area contributed by atoms with Gasteiger partial charge in [0.1, 0.15) is 11.6 Å². The van der Waals surface area contributed by atoms with Crippen molar-refractivity contribution >= 4 is 39.1 Å². The second kappa shape index (κ2) is 10.6. The molecule has 0 aliphatic carbocycles. The van der Waals surface area contributed by atoms with Crippen molar-refractivity contribution in [3.8, 4) is 0 Å². The minimum Gasteiger partial charge on any atom is -0.445 e. The van der Waals surface area contributed by atoms with E-state index in [4.69, 9.17) is 16.3 Å². The van der Waals surface area contributed by atoms with Gasteiger partial charge in [-0.05, 0) is 17.7 Å². The van der Waals surface area contributed by atoms with Crippen LogP contribution in [0.4, 0.5) is 16.2 Å². The van der Waals surface area contributed by atoms with E-state index in [0.29, 0.717) is 18.8 Å². The number of alkyl carbamates (subject to hydrolysis) is 1. The lowest BCUT2D eigenvalue weighted by Gasteiger charge is -2.35. The number of hydrogen-bond donors (Lipinski definition) is 1. The third-order valence-electron chi connectivity index (χ3n) is 4.97. The number of nitrogens with one attached hydrogen (secondary N) is 1. The molecule has 0 aromatic heterocycles. The summed E-state index contributed by atoms with van der Waals surface area (Å²) in [6.45, 7) is 1.26. The molecule has 32 heavy (non-hydrogen) atoms. The number of benzene rings is 2. The van der Waals surface area contributed by atoms with Crippen LogP contribution in [0.3, 0.4) is 0 Å². The van der Waals surface area contributed by atoms with E-state index in [-0.39, 0.29) is 42.7 Å². The molecule has 12 heteroatoms. The van der Waals surface area contributed by atoms with Crippen molar-refractivity contribution in [2.75, 3.05) is 43.4 Å². The van der Waals surface area contributed by atoms with Crippen molar-refractivity contribution in [2.24, 2.45) is 0 Å². The summed E-state index contributed by atoms with van der Waals surface area (Å²) in [5.41, 5.74) is 1.25. The maximum Gasteiger partial charge on any atom is 0.407 e. The van der Waals surface area contributed by atoms with Gasteiger partial charge >= 0.3 is 6.09 Å². The Labute approximate surface area is 190 Å². The molecule has 1 amide bonds. The predicted molar refractivity (Wildman–Crippen MR) is 120 cm³/mol. The quantitative estimate of drug-likeness (QED) is 0.453. The van der Waals surface area contributed by atoms with Gasteiger partial charge in [-0.1, -0.05) is 41.9 Å². The van der Waals surface area contributed by atoms with E-state index >= 15 is 0 Å². The lowest BCUT2D eigenvalue weighted by molar-refractivity contribution is -0.384. The molecule has 1 saturated heterocycles. The Bertz CT molecular complexity index is 1060. The van der Waals surface area contributed by atoms with Crippen LogP contribution in [0.25, 0.3) is 0 Å². The highest BCUT2D eigenvalue weighted by molar-refractivity contribution is 7.89. The average molecular weight is 483 g/mol. The van der Waals surface area contributed by atoms with Gasteiger partial charge in [-0.2, -0.15) is 4.31 Å². The van der Waals surface area contributed by atoms with Gasteiger partial charge in [-0.3, -0.25) is 10.1 Å². The number of hydrogen-bond acceptors (Lipinski definition) is 7. The lowest BCUT2D eigenvalue weighted by Crippen LogP contribution is -2.50. The monoisotopic (exact) mass is 482 g/mol. The zero-order valence-electron chi connectivity index (χ0n) is 17.1. The van der Waals surface area contributed by atoms with Crippen LogP contribution in [-0.2, 0) is 21.4 Å². The van der Waals surface area contributed by atoms with Crippen molar-refractivity contribution in [1.82, 2.24) is 9.62 Å². The predicted octanol–water partition coefficient (Wildman–Crippen LogP) is 2.63. The maximum absolute atomic E-state index is 12.6. The molecule has 3 rings (SSSR count). The second-order valence-corrected chi connectivity index (χ2v) is 9.58. The van der Waals surface area contributed by atoms with E-state index in [2.05, 4.69) is 5.32 Å². The van der Waals surface area contributed by atoms with Crippen molar-refractivity contribution < 1.29 is 22.9 Å². The number of ether oxygens (including phenoxy) is 1. The van der Waals surface area contributed by atoms with E-state index in [9.17, 15) is 23.3 Å². The van der Waals surface area contributed by atoms with Gasteiger partial charge in [0.15, 0.2) is 0 Å². The molecule has 1 fully saturated rings. The van der Waals surface area contributed by atoms with Crippen LogP contribution in [-0.4, -0.2) is 62.2 Å². The first-order chi connectivity index (χ1) is 15.3. The molecule has 1 aliphatic rings. The highest BCUT2D eigenvalue weighted by Crippen LogP contribution is 2.29. The normalized spacial score (nSPS) is 14.7. The number of nitro benzene ring substituents is 1. The van der Waals surface area contributed by atoms with Crippen LogP contribution in [0.2, 0.25) is 5.02 Å². The third-order valence-corrected chi connectivity index (χ3v) is 7.16. The molecule has 0 spiro atoms. The second-order valence-electron chi connectivity index (χ2n) is 7.08. The fraction of sp³-hybridized carbons (Fsp3) is 0.350. The largest absolute Gasteiger partial charge is 0.445 e. The Balaban J connectivity index is 1.45. The molecule has 172 valence electrons. The van der Waals surface area contributed by atoms with Crippen molar-refractivity contribution in [3.05, 3.63) is 69.2 Å². The number of carbonyl (C=O) groups is 1. The number of sulfonamides is 1. The summed E-state index contributed by atoms with van der Waals surface area (Å²) in [6, 6.07) is 13.7. The molecule has 0 atom stereocenters. The fourth-order valence-corrected chi connectivity index (χ4v) is 4.77. The minimum atomic E-state index is -3.57. The zero-order valence-corrected chi connectivity index (χ0v) is 18.7. The van der Waals surface area contributed by atoms with Gasteiger partial charge in [-0.15, -0.1) is 0 Å². The fourth-order valence-electron chi connectivity index (χ4n) is 3.25. The SMILES string of the molecule is O=C(NCCS(=O)(=O)N1CCN(c2ccc(Cl)c([N+](=O)[O-])c2)CC1)OCc1ccccc1. The molecule has 1 N–H and O–H groups in total. The maximum atomic E-state index is 12.6. The Morgan fingerprint density at radius 3 is 2.47 bits per heavy atom. The smallest absolute Gasteiger partial charge is 0.407 e. The first-order valence-electron chi connectivity index (χ1n) is 9.87. The third kappa shape index (κ3) is 6.31. The van der Waals surface area contributed by atoms with E-state index in [1.807, 2.05) is 35.2 Å². The number of amides is 1. The molecule has 2 aromatic carbocycles. The molecule has 0 unspecified atom stereocenters. The summed E-state index contributed by atoms with van der Waals surface area (Å²) in [6.07, 6.45) is -0.682. The number of carbonyl (C=O) groups excluding carboxylic acids is 1. The van der Waals surface area contributed by atoms with Crippen LogP contribution in [0, 0.1) is 10.1 Å². The number of rotatable bonds is 8. The van der Waals surface area contributed by atoms with Gasteiger partial charge in [0.2, 0.25) is 10.0 Å². The Morgan fingerprint density at radius 2 is 1.81 bits per heavy atom. The van der Waals surface area contributed by atoms with Crippen LogP contribution >= 0.6 is 11.6 Å². The van der Waals surface area contributed by atoms with Gasteiger partial charge in [0, 0.05) is 44.5 Å². The van der Waals surface area contributed by atoms with Crippen LogP contribution in [0.15, 0.2) is 48.5 Å². The van der Waals surface area contributed by atoms with Crippen molar-refractivity contribution in [2.45, 2.75) is 6.61 Å². The van der Waals surface area contributed by atoms with Crippen LogP contribution in [0.1, 0.15) is 5.56 Å². The molecule has 10 nitrogen and oxygen atoms in total. The molecule has 0 radical (unpaired) electrons. The summed E-state index contributed by atoms with van der Waals surface area (Å²) in [5.74, 6) is -0.250. The Kier molecular flexibility index (Phi) is 7.89. The summed E-state index contributed by atoms with van der Waals surface area (Å²) in [4.78, 5) is 24.2. The highest BCUT2D eigenvalue weighted by atomic mass is 35.5. The molecular weight excluding hydrogens is 460 g/mol. The van der Waals surface area contributed by atoms with Gasteiger partial charge in [0.25, 0.3) is 5.69 Å². The Morgan fingerprint density at radius 1 is 1.12 bits per heavy atom. The summed E-state index contributed by atoms with van der Waals surface area (Å²) in [5, 5.41) is 13.6. The molecule has 0 saturated carbocycles. The number of nitrogens with zero attached hydrogens (tertiary/aromatic N) is 3. The summed E-state index contributed by atoms with van der Waals surface area (Å²) >= 11 is 5.85. The molecular formula is C20H23ClN4O6S. The molecule has 0 bridgehead atoms. The highest BCUT2D eigenvalue weighted by Gasteiger charge is 2.27. The lowest BCUT2D eigenvalue weighted by atomic mass is 10.2. The molecule has 1 aliphatic heterocycles. The van der Waals surface area contributed by atoms with Gasteiger partial charge in [0.05, 0.1) is 10.7 Å². The summed E-state index contributed by atoms with van der Waals surface area (Å²) < 4.78 is 31.6. The van der Waals surface area contributed by atoms with Crippen molar-refractivity contribution in [3.63, 3.8) is 0 Å². The van der Waals surface area contributed by atoms with E-state index in [0.717, 1.165) is 5.56 Å². The van der Waals surface area contributed by atoms with E-state index in [1.165, 1.54) is 16.4 Å². The number of nitro groups is 1. The van der Waals surface area contributed by atoms with E-state index < -0.39 is 21.0 Å². The molecule has 1 heterocycles. The number of anilines is 1. The topological polar surface area (TPSA) is 122 Å². The standard InChI is InChI=1S/C20H23ClN4O6S/c21-18-7-6-17(14-19(18)25(27)28)23-9-11-24(12-10-23)32(29,30)13-8-22-20(26)31-15-16-4-2-1-3-5-16/h1-7,14H,8-13,15H2,(H,22,26). The first-order valence-corrected chi connectivity index (χ1v) is 11.9. The average Bonchev–Trinajstić information content (AvgIpc) is 2.78. The van der Waals surface area contributed by atoms with Crippen LogP contribution in [0.5, 0.6) is 0 Å². The summed E-state index contributed by atoms with van der Waals surface area (Å²) in [7, 11) is -3.57. The molecule has 2 aromatic rings.